The molecule has 0 spiro atoms. The molecule has 0 radical (unpaired) electrons. The topological polar surface area (TPSA) is 37.3 Å². The van der Waals surface area contributed by atoms with Crippen molar-refractivity contribution in [1.82, 2.24) is 0 Å². The van der Waals surface area contributed by atoms with Crippen LogP contribution in [0, 0.1) is 11.8 Å². The summed E-state index contributed by atoms with van der Waals surface area (Å²) in [5.74, 6) is -0.442. The van der Waals surface area contributed by atoms with E-state index in [-0.39, 0.29) is 11.8 Å². The Balaban J connectivity index is 2.40. The van der Waals surface area contributed by atoms with Crippen LogP contribution < -0.4 is 0 Å². The maximum absolute atomic E-state index is 10.9. The molecule has 0 fully saturated rings. The van der Waals surface area contributed by atoms with E-state index in [1.165, 1.54) is 0 Å². The predicted octanol–water partition coefficient (Wildman–Crippen LogP) is 2.65. The van der Waals surface area contributed by atoms with Gasteiger partial charge in [0.2, 0.25) is 0 Å². The van der Waals surface area contributed by atoms with E-state index in [1.807, 2.05) is 24.3 Å². The first-order chi connectivity index (χ1) is 6.70. The molecule has 0 aliphatic heterocycles. The highest BCUT2D eigenvalue weighted by atomic mass is 79.9. The number of carboxylic acid groups (broad SMARTS) is 1. The van der Waals surface area contributed by atoms with E-state index in [9.17, 15) is 4.79 Å². The molecule has 1 N–H and O–H groups in total. The van der Waals surface area contributed by atoms with Crippen LogP contribution in [0.2, 0.25) is 0 Å². The summed E-state index contributed by atoms with van der Waals surface area (Å²) in [5, 5.41) is 8.92. The van der Waals surface area contributed by atoms with Gasteiger partial charge in [-0.25, -0.2) is 4.79 Å². The van der Waals surface area contributed by atoms with Gasteiger partial charge in [0.1, 0.15) is 0 Å². The molecule has 0 aromatic rings. The summed E-state index contributed by atoms with van der Waals surface area (Å²) in [6.45, 7) is 0. The van der Waals surface area contributed by atoms with Crippen LogP contribution in [-0.4, -0.2) is 11.1 Å². The number of aliphatic carboxylic acids is 1. The van der Waals surface area contributed by atoms with Crippen molar-refractivity contribution in [2.45, 2.75) is 0 Å². The minimum atomic E-state index is -0.880. The van der Waals surface area contributed by atoms with Crippen LogP contribution in [0.25, 0.3) is 0 Å². The Labute approximate surface area is 90.4 Å². The zero-order valence-corrected chi connectivity index (χ0v) is 8.94. The number of carbonyl (C=O) groups is 1. The van der Waals surface area contributed by atoms with Gasteiger partial charge in [0, 0.05) is 16.3 Å². The van der Waals surface area contributed by atoms with Crippen molar-refractivity contribution in [1.29, 1.82) is 0 Å². The molecule has 2 nitrogen and oxygen atoms in total. The minimum absolute atomic E-state index is 0.149. The quantitative estimate of drug-likeness (QED) is 0.779. The summed E-state index contributed by atoms with van der Waals surface area (Å²) in [4.78, 5) is 10.9. The second-order valence-corrected chi connectivity index (χ2v) is 4.15. The summed E-state index contributed by atoms with van der Waals surface area (Å²) in [6, 6.07) is 0. The second kappa shape index (κ2) is 3.58. The van der Waals surface area contributed by atoms with E-state index in [0.29, 0.717) is 5.57 Å². The van der Waals surface area contributed by atoms with Gasteiger partial charge in [0.25, 0.3) is 0 Å². The number of hydrogen-bond acceptors (Lipinski definition) is 1. The summed E-state index contributed by atoms with van der Waals surface area (Å²) in [5.41, 5.74) is 0.353. The molecule has 72 valence electrons. The molecule has 0 aromatic heterocycles. The smallest absolute Gasteiger partial charge is 0.336 e. The fourth-order valence-corrected chi connectivity index (χ4v) is 2.46. The first-order valence-corrected chi connectivity index (χ1v) is 5.15. The van der Waals surface area contributed by atoms with Crippen LogP contribution >= 0.6 is 15.9 Å². The Bertz CT molecular complexity index is 388. The Morgan fingerprint density at radius 2 is 2.00 bits per heavy atom. The van der Waals surface area contributed by atoms with Crippen LogP contribution in [0.4, 0.5) is 0 Å². The van der Waals surface area contributed by atoms with Crippen molar-refractivity contribution < 1.29 is 9.90 Å². The molecule has 0 aromatic carbocycles. The van der Waals surface area contributed by atoms with Crippen molar-refractivity contribution in [3.8, 4) is 0 Å². The molecule has 0 amide bonds. The SMILES string of the molecule is O=C(O)C1=C(Br)C2C=CC=CC2C=C1. The Kier molecular flexibility index (Phi) is 2.42. The highest BCUT2D eigenvalue weighted by molar-refractivity contribution is 9.11. The van der Waals surface area contributed by atoms with Crippen LogP contribution in [0.1, 0.15) is 0 Å². The van der Waals surface area contributed by atoms with Gasteiger partial charge in [-0.05, 0) is 0 Å². The monoisotopic (exact) mass is 252 g/mol. The van der Waals surface area contributed by atoms with Gasteiger partial charge in [-0.2, -0.15) is 0 Å². The fraction of sp³-hybridized carbons (Fsp3) is 0.182. The van der Waals surface area contributed by atoms with Gasteiger partial charge >= 0.3 is 5.97 Å². The molecule has 2 unspecified atom stereocenters. The van der Waals surface area contributed by atoms with Crippen molar-refractivity contribution in [2.75, 3.05) is 0 Å². The number of fused-ring (bicyclic) bond motifs is 1. The van der Waals surface area contributed by atoms with Crippen molar-refractivity contribution in [3.63, 3.8) is 0 Å². The number of allylic oxidation sites excluding steroid dienone is 6. The second-order valence-electron chi connectivity index (χ2n) is 3.30. The lowest BCUT2D eigenvalue weighted by atomic mass is 9.83. The van der Waals surface area contributed by atoms with Crippen molar-refractivity contribution in [2.24, 2.45) is 11.8 Å². The summed E-state index contributed by atoms with van der Waals surface area (Å²) in [6.07, 6.45) is 11.6. The van der Waals surface area contributed by atoms with Gasteiger partial charge in [-0.3, -0.25) is 0 Å². The third-order valence-corrected chi connectivity index (χ3v) is 3.40. The molecule has 2 rings (SSSR count). The van der Waals surface area contributed by atoms with Gasteiger partial charge in [0.15, 0.2) is 0 Å². The van der Waals surface area contributed by atoms with Crippen molar-refractivity contribution in [3.05, 3.63) is 46.5 Å². The fourth-order valence-electron chi connectivity index (χ4n) is 1.70. The lowest BCUT2D eigenvalue weighted by molar-refractivity contribution is -0.132. The van der Waals surface area contributed by atoms with Crippen LogP contribution in [0.3, 0.4) is 0 Å². The zero-order chi connectivity index (χ0) is 10.1. The van der Waals surface area contributed by atoms with E-state index in [4.69, 9.17) is 5.11 Å². The summed E-state index contributed by atoms with van der Waals surface area (Å²) in [7, 11) is 0. The number of halogens is 1. The molecule has 0 saturated heterocycles. The summed E-state index contributed by atoms with van der Waals surface area (Å²) < 4.78 is 0.762. The average Bonchev–Trinajstić information content (AvgIpc) is 2.18. The van der Waals surface area contributed by atoms with E-state index in [0.717, 1.165) is 4.48 Å². The largest absolute Gasteiger partial charge is 0.478 e. The van der Waals surface area contributed by atoms with Gasteiger partial charge in [-0.1, -0.05) is 52.4 Å². The van der Waals surface area contributed by atoms with Crippen LogP contribution in [-0.2, 0) is 4.79 Å². The molecule has 3 heteroatoms. The van der Waals surface area contributed by atoms with Crippen LogP contribution in [0.5, 0.6) is 0 Å². The first-order valence-electron chi connectivity index (χ1n) is 4.36. The maximum Gasteiger partial charge on any atom is 0.336 e. The van der Waals surface area contributed by atoms with E-state index < -0.39 is 5.97 Å². The van der Waals surface area contributed by atoms with Gasteiger partial charge in [-0.15, -0.1) is 0 Å². The lowest BCUT2D eigenvalue weighted by Gasteiger charge is -2.25. The number of rotatable bonds is 1. The minimum Gasteiger partial charge on any atom is -0.478 e. The molecule has 0 saturated carbocycles. The maximum atomic E-state index is 10.9. The zero-order valence-electron chi connectivity index (χ0n) is 7.35. The Morgan fingerprint density at radius 3 is 2.71 bits per heavy atom. The molecular formula is C11H9BrO2. The number of carboxylic acids is 1. The van der Waals surface area contributed by atoms with E-state index in [2.05, 4.69) is 22.0 Å². The molecule has 0 bridgehead atoms. The molecule has 14 heavy (non-hydrogen) atoms. The normalized spacial score (nSPS) is 29.2. The van der Waals surface area contributed by atoms with Gasteiger partial charge < -0.3 is 5.11 Å². The Morgan fingerprint density at radius 1 is 1.29 bits per heavy atom. The highest BCUT2D eigenvalue weighted by Crippen LogP contribution is 2.37. The molecule has 2 atom stereocenters. The summed E-state index contributed by atoms with van der Waals surface area (Å²) >= 11 is 3.36. The highest BCUT2D eigenvalue weighted by Gasteiger charge is 2.26. The predicted molar refractivity (Wildman–Crippen MR) is 58.0 cm³/mol. The molecule has 2 aliphatic rings. The third kappa shape index (κ3) is 1.48. The Hall–Kier alpha value is -1.09. The standard InChI is InChI=1S/C11H9BrO2/c12-10-8-4-2-1-3-7(8)5-6-9(10)11(13)14/h1-8H,(H,13,14). The van der Waals surface area contributed by atoms with Crippen LogP contribution in [0.15, 0.2) is 46.5 Å². The average molecular weight is 253 g/mol. The third-order valence-electron chi connectivity index (χ3n) is 2.44. The van der Waals surface area contributed by atoms with Gasteiger partial charge in [0.05, 0.1) is 5.57 Å². The number of hydrogen-bond donors (Lipinski definition) is 1. The molecule has 2 aliphatic carbocycles. The van der Waals surface area contributed by atoms with E-state index >= 15 is 0 Å². The lowest BCUT2D eigenvalue weighted by Crippen LogP contribution is -2.17. The molecular weight excluding hydrogens is 244 g/mol. The molecule has 0 heterocycles. The van der Waals surface area contributed by atoms with Crippen molar-refractivity contribution >= 4 is 21.9 Å². The van der Waals surface area contributed by atoms with E-state index in [1.54, 1.807) is 6.08 Å². The first kappa shape index (κ1) is 9.46.